The van der Waals surface area contributed by atoms with E-state index in [0.29, 0.717) is 12.6 Å². The van der Waals surface area contributed by atoms with Crippen LogP contribution in [0.3, 0.4) is 0 Å². The molecule has 0 aromatic heterocycles. The lowest BCUT2D eigenvalue weighted by Gasteiger charge is -2.14. The first-order chi connectivity index (χ1) is 7.72. The molecule has 1 aromatic carbocycles. The minimum atomic E-state index is -0.170. The van der Waals surface area contributed by atoms with Crippen molar-refractivity contribution in [3.05, 3.63) is 35.6 Å². The van der Waals surface area contributed by atoms with Gasteiger partial charge in [0.05, 0.1) is 0 Å². The maximum atomic E-state index is 12.9. The number of hydrogen-bond acceptors (Lipinski definition) is 2. The second-order valence-electron chi connectivity index (χ2n) is 4.12. The van der Waals surface area contributed by atoms with Crippen molar-refractivity contribution in [3.63, 3.8) is 0 Å². The van der Waals surface area contributed by atoms with E-state index < -0.39 is 0 Å². The molecule has 0 amide bonds. The zero-order valence-electron chi connectivity index (χ0n) is 10.1. The molecule has 1 atom stereocenters. The van der Waals surface area contributed by atoms with Gasteiger partial charge in [-0.05, 0) is 37.6 Å². The first-order valence-corrected chi connectivity index (χ1v) is 5.91. The van der Waals surface area contributed by atoms with Gasteiger partial charge in [-0.2, -0.15) is 0 Å². The SMILES string of the molecule is CCCNCC(C)NCc1cccc(F)c1. The average Bonchev–Trinajstić information content (AvgIpc) is 2.27. The van der Waals surface area contributed by atoms with Gasteiger partial charge in [-0.3, -0.25) is 0 Å². The molecule has 0 aliphatic carbocycles. The molecule has 90 valence electrons. The predicted molar refractivity (Wildman–Crippen MR) is 65.9 cm³/mol. The molecule has 3 heteroatoms. The molecule has 2 N–H and O–H groups in total. The Morgan fingerprint density at radius 1 is 1.38 bits per heavy atom. The van der Waals surface area contributed by atoms with Crippen LogP contribution in [0, 0.1) is 5.82 Å². The second kappa shape index (κ2) is 7.36. The normalized spacial score (nSPS) is 12.7. The third-order valence-electron chi connectivity index (χ3n) is 2.42. The minimum absolute atomic E-state index is 0.170. The first-order valence-electron chi connectivity index (χ1n) is 5.91. The fourth-order valence-electron chi connectivity index (χ4n) is 1.51. The average molecular weight is 224 g/mol. The highest BCUT2D eigenvalue weighted by molar-refractivity contribution is 5.16. The minimum Gasteiger partial charge on any atom is -0.315 e. The second-order valence-corrected chi connectivity index (χ2v) is 4.12. The summed E-state index contributed by atoms with van der Waals surface area (Å²) in [6, 6.07) is 7.11. The van der Waals surface area contributed by atoms with E-state index in [2.05, 4.69) is 24.5 Å². The smallest absolute Gasteiger partial charge is 0.123 e. The summed E-state index contributed by atoms with van der Waals surface area (Å²) in [6.45, 7) is 6.99. The Hall–Kier alpha value is -0.930. The topological polar surface area (TPSA) is 24.1 Å². The van der Waals surface area contributed by atoms with Crippen molar-refractivity contribution in [3.8, 4) is 0 Å². The first kappa shape index (κ1) is 13.1. The Morgan fingerprint density at radius 2 is 2.19 bits per heavy atom. The van der Waals surface area contributed by atoms with Crippen LogP contribution in [0.2, 0.25) is 0 Å². The maximum absolute atomic E-state index is 12.9. The molecule has 1 aromatic rings. The Balaban J connectivity index is 2.23. The van der Waals surface area contributed by atoms with Crippen molar-refractivity contribution < 1.29 is 4.39 Å². The van der Waals surface area contributed by atoms with Crippen molar-refractivity contribution >= 4 is 0 Å². The summed E-state index contributed by atoms with van der Waals surface area (Å²) < 4.78 is 12.9. The van der Waals surface area contributed by atoms with Crippen LogP contribution in [0.15, 0.2) is 24.3 Å². The molecule has 0 bridgehead atoms. The highest BCUT2D eigenvalue weighted by atomic mass is 19.1. The highest BCUT2D eigenvalue weighted by Crippen LogP contribution is 2.03. The van der Waals surface area contributed by atoms with Crippen LogP contribution < -0.4 is 10.6 Å². The zero-order chi connectivity index (χ0) is 11.8. The molecule has 1 unspecified atom stereocenters. The van der Waals surface area contributed by atoms with E-state index in [9.17, 15) is 4.39 Å². The lowest BCUT2D eigenvalue weighted by atomic mass is 10.2. The quantitative estimate of drug-likeness (QED) is 0.694. The molecule has 2 nitrogen and oxygen atoms in total. The van der Waals surface area contributed by atoms with Crippen LogP contribution in [0.5, 0.6) is 0 Å². The lowest BCUT2D eigenvalue weighted by Crippen LogP contribution is -2.36. The number of benzene rings is 1. The molecule has 0 saturated heterocycles. The van der Waals surface area contributed by atoms with Gasteiger partial charge in [-0.15, -0.1) is 0 Å². The Morgan fingerprint density at radius 3 is 2.88 bits per heavy atom. The Bertz CT molecular complexity index is 302. The van der Waals surface area contributed by atoms with Crippen molar-refractivity contribution in [2.24, 2.45) is 0 Å². The lowest BCUT2D eigenvalue weighted by molar-refractivity contribution is 0.500. The van der Waals surface area contributed by atoms with Crippen LogP contribution in [0.4, 0.5) is 4.39 Å². The van der Waals surface area contributed by atoms with Crippen LogP contribution in [-0.2, 0) is 6.54 Å². The summed E-state index contributed by atoms with van der Waals surface area (Å²) in [5.41, 5.74) is 0.988. The molecule has 0 fully saturated rings. The van der Waals surface area contributed by atoms with Gasteiger partial charge >= 0.3 is 0 Å². The van der Waals surface area contributed by atoms with E-state index in [4.69, 9.17) is 0 Å². The van der Waals surface area contributed by atoms with Gasteiger partial charge in [0.15, 0.2) is 0 Å². The largest absolute Gasteiger partial charge is 0.315 e. The molecule has 1 rings (SSSR count). The molecular weight excluding hydrogens is 203 g/mol. The van der Waals surface area contributed by atoms with E-state index in [-0.39, 0.29) is 5.82 Å². The van der Waals surface area contributed by atoms with Gasteiger partial charge in [0, 0.05) is 19.1 Å². The molecule has 16 heavy (non-hydrogen) atoms. The summed E-state index contributed by atoms with van der Waals surface area (Å²) in [5.74, 6) is -0.170. The van der Waals surface area contributed by atoms with Gasteiger partial charge in [0.2, 0.25) is 0 Å². The third kappa shape index (κ3) is 5.24. The summed E-state index contributed by atoms with van der Waals surface area (Å²) in [4.78, 5) is 0. The molecule has 0 spiro atoms. The zero-order valence-corrected chi connectivity index (χ0v) is 10.1. The third-order valence-corrected chi connectivity index (χ3v) is 2.42. The number of halogens is 1. The van der Waals surface area contributed by atoms with Crippen LogP contribution >= 0.6 is 0 Å². The van der Waals surface area contributed by atoms with Gasteiger partial charge in [-0.1, -0.05) is 19.1 Å². The summed E-state index contributed by atoms with van der Waals surface area (Å²) >= 11 is 0. The summed E-state index contributed by atoms with van der Waals surface area (Å²) in [5, 5.41) is 6.70. The van der Waals surface area contributed by atoms with Crippen molar-refractivity contribution in [1.82, 2.24) is 10.6 Å². The highest BCUT2D eigenvalue weighted by Gasteiger charge is 2.01. The Kier molecular flexibility index (Phi) is 6.04. The van der Waals surface area contributed by atoms with Crippen LogP contribution in [-0.4, -0.2) is 19.1 Å². The van der Waals surface area contributed by atoms with E-state index in [1.165, 1.54) is 6.07 Å². The van der Waals surface area contributed by atoms with Crippen molar-refractivity contribution in [2.75, 3.05) is 13.1 Å². The van der Waals surface area contributed by atoms with Gasteiger partial charge < -0.3 is 10.6 Å². The van der Waals surface area contributed by atoms with E-state index in [1.54, 1.807) is 12.1 Å². The maximum Gasteiger partial charge on any atom is 0.123 e. The predicted octanol–water partition coefficient (Wildman–Crippen LogP) is 2.30. The van der Waals surface area contributed by atoms with E-state index in [1.807, 2.05) is 6.07 Å². The number of nitrogens with one attached hydrogen (secondary N) is 2. The van der Waals surface area contributed by atoms with E-state index in [0.717, 1.165) is 25.1 Å². The molecule has 0 radical (unpaired) electrons. The Labute approximate surface area is 97.3 Å². The molecule has 0 aliphatic rings. The number of hydrogen-bond donors (Lipinski definition) is 2. The molecule has 0 aliphatic heterocycles. The van der Waals surface area contributed by atoms with Gasteiger partial charge in [-0.25, -0.2) is 4.39 Å². The fraction of sp³-hybridized carbons (Fsp3) is 0.538. The monoisotopic (exact) mass is 224 g/mol. The van der Waals surface area contributed by atoms with Crippen LogP contribution in [0.1, 0.15) is 25.8 Å². The van der Waals surface area contributed by atoms with Crippen molar-refractivity contribution in [2.45, 2.75) is 32.9 Å². The van der Waals surface area contributed by atoms with Gasteiger partial charge in [0.25, 0.3) is 0 Å². The van der Waals surface area contributed by atoms with Gasteiger partial charge in [0.1, 0.15) is 5.82 Å². The molecule has 0 saturated carbocycles. The fourth-order valence-corrected chi connectivity index (χ4v) is 1.51. The molecule has 0 heterocycles. The standard InChI is InChI=1S/C13H21FN2/c1-3-7-15-9-11(2)16-10-12-5-4-6-13(14)8-12/h4-6,8,11,15-16H,3,7,9-10H2,1-2H3. The molecular formula is C13H21FN2. The van der Waals surface area contributed by atoms with Crippen LogP contribution in [0.25, 0.3) is 0 Å². The van der Waals surface area contributed by atoms with Crippen molar-refractivity contribution in [1.29, 1.82) is 0 Å². The summed E-state index contributed by atoms with van der Waals surface area (Å²) in [6.07, 6.45) is 1.15. The summed E-state index contributed by atoms with van der Waals surface area (Å²) in [7, 11) is 0. The number of rotatable bonds is 7. The van der Waals surface area contributed by atoms with E-state index >= 15 is 0 Å².